The number of aromatic nitrogens is 2. The summed E-state index contributed by atoms with van der Waals surface area (Å²) in [7, 11) is 0. The Labute approximate surface area is 121 Å². The molecule has 1 heterocycles. The Bertz CT molecular complexity index is 434. The molecule has 0 radical (unpaired) electrons. The van der Waals surface area contributed by atoms with Gasteiger partial charge < -0.3 is 5.32 Å². The first-order valence-electron chi connectivity index (χ1n) is 6.08. The van der Waals surface area contributed by atoms with Crippen LogP contribution in [-0.4, -0.2) is 28.3 Å². The van der Waals surface area contributed by atoms with E-state index < -0.39 is 0 Å². The zero-order valence-electron chi connectivity index (χ0n) is 11.1. The van der Waals surface area contributed by atoms with Gasteiger partial charge >= 0.3 is 0 Å². The Hall–Kier alpha value is -0.490. The van der Waals surface area contributed by atoms with Crippen molar-refractivity contribution in [1.82, 2.24) is 9.78 Å². The second kappa shape index (κ2) is 7.84. The molecule has 1 rings (SSSR count). The molecule has 0 saturated carbocycles. The lowest BCUT2D eigenvalue weighted by Crippen LogP contribution is -2.26. The molecule has 18 heavy (non-hydrogen) atoms. The van der Waals surface area contributed by atoms with Gasteiger partial charge in [0.1, 0.15) is 4.47 Å². The van der Waals surface area contributed by atoms with E-state index in [0.29, 0.717) is 4.47 Å². The molecule has 6 heteroatoms. The summed E-state index contributed by atoms with van der Waals surface area (Å²) in [5.74, 6) is 1.18. The molecule has 0 aromatic carbocycles. The summed E-state index contributed by atoms with van der Waals surface area (Å²) >= 11 is 5.20. The number of unbranched alkanes of at least 4 members (excludes halogenated alkanes) is 1. The van der Waals surface area contributed by atoms with Crippen LogP contribution in [0.15, 0.2) is 15.5 Å². The van der Waals surface area contributed by atoms with E-state index >= 15 is 0 Å². The van der Waals surface area contributed by atoms with Gasteiger partial charge in [0.2, 0.25) is 0 Å². The van der Waals surface area contributed by atoms with Crippen LogP contribution < -0.4 is 10.9 Å². The predicted octanol–water partition coefficient (Wildman–Crippen LogP) is 3.14. The fourth-order valence-electron chi connectivity index (χ4n) is 1.53. The maximum Gasteiger partial charge on any atom is 0.283 e. The summed E-state index contributed by atoms with van der Waals surface area (Å²) in [5.41, 5.74) is 0.695. The third kappa shape index (κ3) is 4.31. The van der Waals surface area contributed by atoms with Crippen LogP contribution in [0.4, 0.5) is 5.69 Å². The van der Waals surface area contributed by atoms with Crippen LogP contribution in [0.5, 0.6) is 0 Å². The highest BCUT2D eigenvalue weighted by atomic mass is 79.9. The van der Waals surface area contributed by atoms with E-state index in [-0.39, 0.29) is 11.6 Å². The average Bonchev–Trinajstić information content (AvgIpc) is 2.33. The second-order valence-electron chi connectivity index (χ2n) is 4.34. The van der Waals surface area contributed by atoms with E-state index in [1.54, 1.807) is 6.20 Å². The van der Waals surface area contributed by atoms with E-state index in [9.17, 15) is 4.79 Å². The summed E-state index contributed by atoms with van der Waals surface area (Å²) in [6.07, 6.45) is 6.10. The summed E-state index contributed by atoms with van der Waals surface area (Å²) in [6.45, 7) is 4.75. The summed E-state index contributed by atoms with van der Waals surface area (Å²) < 4.78 is 2.04. The monoisotopic (exact) mass is 333 g/mol. The molecule has 0 saturated heterocycles. The Kier molecular flexibility index (Phi) is 6.78. The van der Waals surface area contributed by atoms with Crippen LogP contribution in [0, 0.1) is 0 Å². The molecule has 0 unspecified atom stereocenters. The van der Waals surface area contributed by atoms with Crippen molar-refractivity contribution < 1.29 is 0 Å². The lowest BCUT2D eigenvalue weighted by molar-refractivity contribution is 0.501. The molecule has 0 amide bonds. The highest BCUT2D eigenvalue weighted by Crippen LogP contribution is 2.17. The molecule has 1 aromatic heterocycles. The van der Waals surface area contributed by atoms with Crippen molar-refractivity contribution in [3.63, 3.8) is 0 Å². The minimum Gasteiger partial charge on any atom is -0.383 e. The average molecular weight is 334 g/mol. The minimum absolute atomic E-state index is 0.0735. The van der Waals surface area contributed by atoms with Crippen LogP contribution in [0.1, 0.15) is 32.7 Å². The van der Waals surface area contributed by atoms with Crippen LogP contribution in [0.2, 0.25) is 0 Å². The van der Waals surface area contributed by atoms with Gasteiger partial charge in [-0.3, -0.25) is 4.79 Å². The minimum atomic E-state index is -0.0842. The quantitative estimate of drug-likeness (QED) is 0.778. The number of hydrogen-bond acceptors (Lipinski definition) is 4. The van der Waals surface area contributed by atoms with Gasteiger partial charge in [0.05, 0.1) is 17.9 Å². The SMILES string of the molecule is CSCCCCNc1cnn(C(C)C)c(=O)c1Br. The van der Waals surface area contributed by atoms with E-state index in [2.05, 4.69) is 32.6 Å². The maximum atomic E-state index is 12.0. The van der Waals surface area contributed by atoms with Crippen molar-refractivity contribution in [3.8, 4) is 0 Å². The summed E-state index contributed by atoms with van der Waals surface area (Å²) in [6, 6.07) is 0.0735. The molecule has 0 fully saturated rings. The second-order valence-corrected chi connectivity index (χ2v) is 6.12. The van der Waals surface area contributed by atoms with Crippen molar-refractivity contribution in [3.05, 3.63) is 21.0 Å². The van der Waals surface area contributed by atoms with Gasteiger partial charge in [0.15, 0.2) is 0 Å². The number of hydrogen-bond donors (Lipinski definition) is 1. The highest BCUT2D eigenvalue weighted by molar-refractivity contribution is 9.10. The van der Waals surface area contributed by atoms with Gasteiger partial charge in [-0.1, -0.05) is 0 Å². The van der Waals surface area contributed by atoms with E-state index in [1.165, 1.54) is 16.9 Å². The molecule has 0 aliphatic carbocycles. The predicted molar refractivity (Wildman–Crippen MR) is 82.7 cm³/mol. The third-order valence-electron chi connectivity index (χ3n) is 2.52. The van der Waals surface area contributed by atoms with Crippen molar-refractivity contribution in [2.45, 2.75) is 32.7 Å². The lowest BCUT2D eigenvalue weighted by Gasteiger charge is -2.12. The van der Waals surface area contributed by atoms with Crippen LogP contribution in [0.3, 0.4) is 0 Å². The van der Waals surface area contributed by atoms with Gasteiger partial charge in [-0.05, 0) is 54.6 Å². The molecule has 0 atom stereocenters. The lowest BCUT2D eigenvalue weighted by atomic mass is 10.3. The number of thioether (sulfide) groups is 1. The zero-order valence-corrected chi connectivity index (χ0v) is 13.5. The Morgan fingerprint density at radius 1 is 1.50 bits per heavy atom. The van der Waals surface area contributed by atoms with Gasteiger partial charge in [0.25, 0.3) is 5.56 Å². The van der Waals surface area contributed by atoms with Crippen molar-refractivity contribution in [2.24, 2.45) is 0 Å². The van der Waals surface area contributed by atoms with Gasteiger partial charge in [-0.25, -0.2) is 4.68 Å². The fourth-order valence-corrected chi connectivity index (χ4v) is 2.45. The molecule has 0 spiro atoms. The van der Waals surface area contributed by atoms with Crippen LogP contribution in [-0.2, 0) is 0 Å². The third-order valence-corrected chi connectivity index (χ3v) is 3.99. The first kappa shape index (κ1) is 15.6. The van der Waals surface area contributed by atoms with E-state index in [0.717, 1.165) is 18.7 Å². The first-order chi connectivity index (χ1) is 8.57. The van der Waals surface area contributed by atoms with Crippen molar-refractivity contribution in [2.75, 3.05) is 23.9 Å². The standard InChI is InChI=1S/C12H20BrN3OS/c1-9(2)16-12(17)11(13)10(8-15-16)14-6-4-5-7-18-3/h8-9,14H,4-7H2,1-3H3. The smallest absolute Gasteiger partial charge is 0.283 e. The topological polar surface area (TPSA) is 46.9 Å². The Morgan fingerprint density at radius 3 is 2.83 bits per heavy atom. The van der Waals surface area contributed by atoms with Crippen molar-refractivity contribution >= 4 is 33.4 Å². The molecule has 0 aliphatic heterocycles. The summed E-state index contributed by atoms with van der Waals surface area (Å²) in [5, 5.41) is 7.41. The van der Waals surface area contributed by atoms with Crippen molar-refractivity contribution in [1.29, 1.82) is 0 Å². The molecule has 0 bridgehead atoms. The number of nitrogens with one attached hydrogen (secondary N) is 1. The normalized spacial score (nSPS) is 10.9. The molecule has 102 valence electrons. The Balaban J connectivity index is 2.63. The number of anilines is 1. The van der Waals surface area contributed by atoms with E-state index in [1.807, 2.05) is 25.6 Å². The largest absolute Gasteiger partial charge is 0.383 e. The number of nitrogens with zero attached hydrogens (tertiary/aromatic N) is 2. The molecule has 4 nitrogen and oxygen atoms in total. The van der Waals surface area contributed by atoms with Crippen LogP contribution in [0.25, 0.3) is 0 Å². The van der Waals surface area contributed by atoms with Gasteiger partial charge in [0, 0.05) is 6.54 Å². The maximum absolute atomic E-state index is 12.0. The van der Waals surface area contributed by atoms with Gasteiger partial charge in [-0.2, -0.15) is 16.9 Å². The molecule has 1 aromatic rings. The molecule has 1 N–H and O–H groups in total. The Morgan fingerprint density at radius 2 is 2.22 bits per heavy atom. The fraction of sp³-hybridized carbons (Fsp3) is 0.667. The number of halogens is 1. The zero-order chi connectivity index (χ0) is 13.5. The van der Waals surface area contributed by atoms with E-state index in [4.69, 9.17) is 0 Å². The highest BCUT2D eigenvalue weighted by Gasteiger charge is 2.10. The first-order valence-corrected chi connectivity index (χ1v) is 8.26. The number of rotatable bonds is 7. The molecular formula is C12H20BrN3OS. The van der Waals surface area contributed by atoms with Crippen LogP contribution >= 0.6 is 27.7 Å². The van der Waals surface area contributed by atoms with Gasteiger partial charge in [-0.15, -0.1) is 0 Å². The molecule has 0 aliphatic rings. The summed E-state index contributed by atoms with van der Waals surface area (Å²) in [4.78, 5) is 12.0. The molecular weight excluding hydrogens is 314 g/mol.